The van der Waals surface area contributed by atoms with Gasteiger partial charge in [-0.3, -0.25) is 4.99 Å². The molecule has 40 valence electrons. The SMILES string of the molecule is CO[C@@H]1CCC=N1. The summed E-state index contributed by atoms with van der Waals surface area (Å²) in [6, 6.07) is 0. The van der Waals surface area contributed by atoms with Crippen LogP contribution in [0.1, 0.15) is 12.8 Å². The minimum Gasteiger partial charge on any atom is -0.360 e. The largest absolute Gasteiger partial charge is 0.360 e. The highest BCUT2D eigenvalue weighted by Crippen LogP contribution is 2.06. The van der Waals surface area contributed by atoms with Gasteiger partial charge in [-0.2, -0.15) is 0 Å². The fourth-order valence-electron chi connectivity index (χ4n) is 0.662. The van der Waals surface area contributed by atoms with Crippen LogP contribution in [0.4, 0.5) is 0 Å². The van der Waals surface area contributed by atoms with E-state index < -0.39 is 0 Å². The van der Waals surface area contributed by atoms with Gasteiger partial charge in [0.15, 0.2) is 0 Å². The van der Waals surface area contributed by atoms with Gasteiger partial charge in [0.25, 0.3) is 0 Å². The van der Waals surface area contributed by atoms with Gasteiger partial charge in [-0.05, 0) is 12.8 Å². The zero-order valence-electron chi connectivity index (χ0n) is 4.42. The third-order valence-corrected chi connectivity index (χ3v) is 1.09. The van der Waals surface area contributed by atoms with Crippen LogP contribution in [0.5, 0.6) is 0 Å². The standard InChI is InChI=1S/C5H9NO/c1-7-5-3-2-4-6-5/h4-5H,2-3H2,1H3/t5-/m1/s1. The van der Waals surface area contributed by atoms with E-state index in [9.17, 15) is 0 Å². The summed E-state index contributed by atoms with van der Waals surface area (Å²) >= 11 is 0. The molecule has 0 N–H and O–H groups in total. The van der Waals surface area contributed by atoms with Crippen molar-refractivity contribution in [2.45, 2.75) is 19.1 Å². The second-order valence-electron chi connectivity index (χ2n) is 1.60. The Labute approximate surface area is 43.2 Å². The van der Waals surface area contributed by atoms with Crippen molar-refractivity contribution >= 4 is 6.21 Å². The molecule has 0 saturated heterocycles. The zero-order valence-corrected chi connectivity index (χ0v) is 4.42. The van der Waals surface area contributed by atoms with Crippen molar-refractivity contribution in [1.82, 2.24) is 0 Å². The Kier molecular flexibility index (Phi) is 1.42. The molecule has 0 bridgehead atoms. The molecular weight excluding hydrogens is 90.1 g/mol. The minimum absolute atomic E-state index is 0.167. The molecule has 0 aromatic rings. The van der Waals surface area contributed by atoms with Crippen molar-refractivity contribution in [3.05, 3.63) is 0 Å². The lowest BCUT2D eigenvalue weighted by molar-refractivity contribution is 0.112. The lowest BCUT2D eigenvalue weighted by Gasteiger charge is -1.99. The van der Waals surface area contributed by atoms with E-state index in [1.807, 2.05) is 6.21 Å². The Hall–Kier alpha value is -0.370. The van der Waals surface area contributed by atoms with Crippen LogP contribution in [0.15, 0.2) is 4.99 Å². The molecule has 0 fully saturated rings. The average molecular weight is 99.1 g/mol. The molecule has 0 unspecified atom stereocenters. The van der Waals surface area contributed by atoms with E-state index in [1.54, 1.807) is 7.11 Å². The number of ether oxygens (including phenoxy) is 1. The van der Waals surface area contributed by atoms with Crippen molar-refractivity contribution in [3.8, 4) is 0 Å². The number of hydrogen-bond acceptors (Lipinski definition) is 2. The molecule has 1 rings (SSSR count). The molecule has 0 spiro atoms. The van der Waals surface area contributed by atoms with Gasteiger partial charge in [0.2, 0.25) is 0 Å². The van der Waals surface area contributed by atoms with Gasteiger partial charge in [-0.1, -0.05) is 0 Å². The molecule has 2 nitrogen and oxygen atoms in total. The van der Waals surface area contributed by atoms with E-state index in [0.717, 1.165) is 12.8 Å². The van der Waals surface area contributed by atoms with Crippen molar-refractivity contribution in [3.63, 3.8) is 0 Å². The fraction of sp³-hybridized carbons (Fsp3) is 0.800. The maximum Gasteiger partial charge on any atom is 0.147 e. The Balaban J connectivity index is 2.28. The van der Waals surface area contributed by atoms with E-state index in [2.05, 4.69) is 4.99 Å². The van der Waals surface area contributed by atoms with Crippen molar-refractivity contribution < 1.29 is 4.74 Å². The molecule has 1 atom stereocenters. The quantitative estimate of drug-likeness (QED) is 0.477. The molecule has 0 aliphatic carbocycles. The first-order valence-electron chi connectivity index (χ1n) is 2.48. The summed E-state index contributed by atoms with van der Waals surface area (Å²) in [7, 11) is 1.69. The van der Waals surface area contributed by atoms with Crippen LogP contribution in [0, 0.1) is 0 Å². The van der Waals surface area contributed by atoms with Crippen molar-refractivity contribution in [2.24, 2.45) is 4.99 Å². The van der Waals surface area contributed by atoms with Crippen molar-refractivity contribution in [2.75, 3.05) is 7.11 Å². The predicted molar refractivity (Wildman–Crippen MR) is 28.5 cm³/mol. The third kappa shape index (κ3) is 0.996. The van der Waals surface area contributed by atoms with Gasteiger partial charge in [-0.25, -0.2) is 0 Å². The summed E-state index contributed by atoms with van der Waals surface area (Å²) in [5.41, 5.74) is 0. The molecular formula is C5H9NO. The Morgan fingerprint density at radius 2 is 2.71 bits per heavy atom. The first-order chi connectivity index (χ1) is 3.43. The Morgan fingerprint density at radius 3 is 3.00 bits per heavy atom. The summed E-state index contributed by atoms with van der Waals surface area (Å²) in [5.74, 6) is 0. The van der Waals surface area contributed by atoms with Gasteiger partial charge < -0.3 is 4.74 Å². The van der Waals surface area contributed by atoms with Crippen LogP contribution < -0.4 is 0 Å². The van der Waals surface area contributed by atoms with E-state index in [1.165, 1.54) is 0 Å². The van der Waals surface area contributed by atoms with Gasteiger partial charge in [0.1, 0.15) is 6.23 Å². The third-order valence-electron chi connectivity index (χ3n) is 1.09. The summed E-state index contributed by atoms with van der Waals surface area (Å²) in [6.45, 7) is 0. The molecule has 0 amide bonds. The monoisotopic (exact) mass is 99.1 g/mol. The minimum atomic E-state index is 0.167. The van der Waals surface area contributed by atoms with Crippen molar-refractivity contribution in [1.29, 1.82) is 0 Å². The first-order valence-corrected chi connectivity index (χ1v) is 2.48. The Morgan fingerprint density at radius 1 is 1.86 bits per heavy atom. The van der Waals surface area contributed by atoms with Gasteiger partial charge in [0.05, 0.1) is 0 Å². The number of nitrogens with zero attached hydrogens (tertiary/aromatic N) is 1. The summed E-state index contributed by atoms with van der Waals surface area (Å²) in [4.78, 5) is 4.01. The highest BCUT2D eigenvalue weighted by Gasteiger charge is 2.06. The molecule has 0 radical (unpaired) electrons. The molecule has 1 aliphatic rings. The second-order valence-corrected chi connectivity index (χ2v) is 1.60. The lowest BCUT2D eigenvalue weighted by atomic mass is 10.4. The van der Waals surface area contributed by atoms with Gasteiger partial charge in [0, 0.05) is 13.3 Å². The number of aliphatic imine (C=N–C) groups is 1. The topological polar surface area (TPSA) is 21.6 Å². The van der Waals surface area contributed by atoms with E-state index in [0.29, 0.717) is 0 Å². The van der Waals surface area contributed by atoms with Crippen LogP contribution in [0.25, 0.3) is 0 Å². The summed E-state index contributed by atoms with van der Waals surface area (Å²) in [6.07, 6.45) is 4.23. The highest BCUT2D eigenvalue weighted by atomic mass is 16.5. The van der Waals surface area contributed by atoms with Crippen LogP contribution in [-0.4, -0.2) is 19.6 Å². The molecule has 1 aliphatic heterocycles. The molecule has 0 aromatic carbocycles. The zero-order chi connectivity index (χ0) is 5.11. The smallest absolute Gasteiger partial charge is 0.147 e. The lowest BCUT2D eigenvalue weighted by Crippen LogP contribution is -1.99. The number of methoxy groups -OCH3 is 1. The number of hydrogen-bond donors (Lipinski definition) is 0. The van der Waals surface area contributed by atoms with Crippen LogP contribution in [-0.2, 0) is 4.74 Å². The fourth-order valence-corrected chi connectivity index (χ4v) is 0.662. The maximum absolute atomic E-state index is 4.91. The van der Waals surface area contributed by atoms with Crippen LogP contribution in [0.2, 0.25) is 0 Å². The first kappa shape index (κ1) is 4.78. The average Bonchev–Trinajstić information content (AvgIpc) is 2.14. The molecule has 0 saturated carbocycles. The maximum atomic E-state index is 4.91. The predicted octanol–water partition coefficient (Wildman–Crippen LogP) is 0.824. The molecule has 7 heavy (non-hydrogen) atoms. The van der Waals surface area contributed by atoms with Gasteiger partial charge in [-0.15, -0.1) is 0 Å². The summed E-state index contributed by atoms with van der Waals surface area (Å²) in [5, 5.41) is 0. The van der Waals surface area contributed by atoms with E-state index in [-0.39, 0.29) is 6.23 Å². The highest BCUT2D eigenvalue weighted by molar-refractivity contribution is 5.59. The second kappa shape index (κ2) is 2.07. The van der Waals surface area contributed by atoms with E-state index >= 15 is 0 Å². The number of rotatable bonds is 1. The van der Waals surface area contributed by atoms with Crippen LogP contribution in [0.3, 0.4) is 0 Å². The summed E-state index contributed by atoms with van der Waals surface area (Å²) < 4.78 is 4.91. The molecule has 2 heteroatoms. The molecule has 1 heterocycles. The molecule has 0 aromatic heterocycles. The Bertz CT molecular complexity index is 80.1. The van der Waals surface area contributed by atoms with Crippen LogP contribution >= 0.6 is 0 Å². The van der Waals surface area contributed by atoms with E-state index in [4.69, 9.17) is 4.74 Å². The normalized spacial score (nSPS) is 29.0. The van der Waals surface area contributed by atoms with Gasteiger partial charge >= 0.3 is 0 Å².